The Labute approximate surface area is 120 Å². The SMILES string of the molecule is CC.CN1CCC[C@@H]1C(N)=O.Cc1cnc(C=O)cn1. The molecule has 6 heteroatoms. The van der Waals surface area contributed by atoms with Gasteiger partial charge in [0, 0.05) is 6.20 Å². The maximum atomic E-state index is 10.6. The molecule has 112 valence electrons. The summed E-state index contributed by atoms with van der Waals surface area (Å²) >= 11 is 0. The fraction of sp³-hybridized carbons (Fsp3) is 0.571. The van der Waals surface area contributed by atoms with Crippen LogP contribution < -0.4 is 5.73 Å². The number of carbonyl (C=O) groups excluding carboxylic acids is 2. The molecule has 1 saturated heterocycles. The highest BCUT2D eigenvalue weighted by Crippen LogP contribution is 2.13. The normalized spacial score (nSPS) is 17.3. The number of carbonyl (C=O) groups is 2. The van der Waals surface area contributed by atoms with Gasteiger partial charge in [-0.3, -0.25) is 19.5 Å². The number of amides is 1. The van der Waals surface area contributed by atoms with E-state index < -0.39 is 0 Å². The number of likely N-dealkylation sites (N-methyl/N-ethyl adjacent to an activating group) is 1. The van der Waals surface area contributed by atoms with Crippen LogP contribution in [-0.2, 0) is 4.79 Å². The zero-order valence-corrected chi connectivity index (χ0v) is 12.7. The summed E-state index contributed by atoms with van der Waals surface area (Å²) in [6, 6.07) is 0.00463. The Hall–Kier alpha value is -1.82. The first kappa shape index (κ1) is 18.2. The van der Waals surface area contributed by atoms with Crippen molar-refractivity contribution >= 4 is 12.2 Å². The molecule has 1 amide bonds. The van der Waals surface area contributed by atoms with Crippen molar-refractivity contribution in [2.75, 3.05) is 13.6 Å². The van der Waals surface area contributed by atoms with Gasteiger partial charge in [0.05, 0.1) is 17.9 Å². The van der Waals surface area contributed by atoms with Gasteiger partial charge in [0.1, 0.15) is 5.69 Å². The summed E-state index contributed by atoms with van der Waals surface area (Å²) in [4.78, 5) is 30.2. The van der Waals surface area contributed by atoms with Crippen LogP contribution in [0, 0.1) is 6.92 Å². The fourth-order valence-electron chi connectivity index (χ4n) is 1.73. The van der Waals surface area contributed by atoms with Gasteiger partial charge >= 0.3 is 0 Å². The first-order chi connectivity index (χ1) is 9.54. The van der Waals surface area contributed by atoms with Crippen LogP contribution in [0.2, 0.25) is 0 Å². The number of rotatable bonds is 2. The second-order valence-electron chi connectivity index (χ2n) is 4.24. The molecule has 0 radical (unpaired) electrons. The molecular formula is C14H24N4O2. The van der Waals surface area contributed by atoms with Gasteiger partial charge in [-0.15, -0.1) is 0 Å². The van der Waals surface area contributed by atoms with E-state index in [0.717, 1.165) is 25.1 Å². The van der Waals surface area contributed by atoms with Crippen LogP contribution in [-0.4, -0.2) is 46.7 Å². The predicted molar refractivity (Wildman–Crippen MR) is 78.4 cm³/mol. The summed E-state index contributed by atoms with van der Waals surface area (Å²) in [6.07, 6.45) is 5.72. The fourth-order valence-corrected chi connectivity index (χ4v) is 1.73. The maximum absolute atomic E-state index is 10.6. The molecule has 1 aromatic rings. The molecule has 0 saturated carbocycles. The van der Waals surface area contributed by atoms with Crippen molar-refractivity contribution in [1.82, 2.24) is 14.9 Å². The summed E-state index contributed by atoms with van der Waals surface area (Å²) in [6.45, 7) is 6.83. The van der Waals surface area contributed by atoms with Crippen molar-refractivity contribution in [3.8, 4) is 0 Å². The number of hydrogen-bond donors (Lipinski definition) is 1. The average Bonchev–Trinajstić information content (AvgIpc) is 2.89. The number of likely N-dealkylation sites (tertiary alicyclic amines) is 1. The topological polar surface area (TPSA) is 89.2 Å². The van der Waals surface area contributed by atoms with E-state index in [1.54, 1.807) is 6.20 Å². The molecule has 20 heavy (non-hydrogen) atoms. The van der Waals surface area contributed by atoms with E-state index in [1.165, 1.54) is 6.20 Å². The van der Waals surface area contributed by atoms with Crippen molar-refractivity contribution in [3.63, 3.8) is 0 Å². The highest BCUT2D eigenvalue weighted by Gasteiger charge is 2.24. The molecule has 6 nitrogen and oxygen atoms in total. The van der Waals surface area contributed by atoms with Crippen molar-refractivity contribution in [2.24, 2.45) is 5.73 Å². The molecule has 1 aliphatic rings. The van der Waals surface area contributed by atoms with Crippen LogP contribution in [0.1, 0.15) is 42.9 Å². The predicted octanol–water partition coefficient (Wildman–Crippen LogP) is 1.19. The standard InChI is InChI=1S/C6H6N2O.C6H12N2O.C2H6/c1-5-2-8-6(4-9)3-7-5;1-8-4-2-3-5(8)6(7)9;1-2/h2-4H,1H3;5H,2-4H2,1H3,(H2,7,9);1-2H3/t;5-;/m.1./s1. The third-order valence-electron chi connectivity index (χ3n) is 2.77. The molecule has 1 aromatic heterocycles. The summed E-state index contributed by atoms with van der Waals surface area (Å²) in [5.74, 6) is -0.185. The molecule has 0 unspecified atom stereocenters. The van der Waals surface area contributed by atoms with E-state index in [1.807, 2.05) is 32.7 Å². The Morgan fingerprint density at radius 3 is 2.35 bits per heavy atom. The van der Waals surface area contributed by atoms with Gasteiger partial charge in [-0.2, -0.15) is 0 Å². The van der Waals surface area contributed by atoms with Crippen LogP contribution in [0.4, 0.5) is 0 Å². The Morgan fingerprint density at radius 1 is 1.40 bits per heavy atom. The van der Waals surface area contributed by atoms with Gasteiger partial charge in [0.15, 0.2) is 6.29 Å². The minimum atomic E-state index is -0.185. The van der Waals surface area contributed by atoms with E-state index >= 15 is 0 Å². The van der Waals surface area contributed by atoms with Gasteiger partial charge in [-0.25, -0.2) is 4.98 Å². The summed E-state index contributed by atoms with van der Waals surface area (Å²) in [5, 5.41) is 0. The van der Waals surface area contributed by atoms with Crippen LogP contribution in [0.15, 0.2) is 12.4 Å². The van der Waals surface area contributed by atoms with Crippen molar-refractivity contribution in [2.45, 2.75) is 39.7 Å². The number of aromatic nitrogens is 2. The molecule has 2 rings (SSSR count). The van der Waals surface area contributed by atoms with Crippen molar-refractivity contribution in [1.29, 1.82) is 0 Å². The molecule has 1 fully saturated rings. The first-order valence-corrected chi connectivity index (χ1v) is 6.78. The lowest BCUT2D eigenvalue weighted by atomic mass is 10.2. The zero-order valence-electron chi connectivity index (χ0n) is 12.7. The van der Waals surface area contributed by atoms with Gasteiger partial charge in [-0.05, 0) is 33.4 Å². The molecule has 2 heterocycles. The van der Waals surface area contributed by atoms with E-state index in [0.29, 0.717) is 12.0 Å². The Bertz CT molecular complexity index is 406. The van der Waals surface area contributed by atoms with Crippen LogP contribution in [0.5, 0.6) is 0 Å². The third kappa shape index (κ3) is 6.38. The monoisotopic (exact) mass is 280 g/mol. The second-order valence-corrected chi connectivity index (χ2v) is 4.24. The second kappa shape index (κ2) is 10.0. The highest BCUT2D eigenvalue weighted by molar-refractivity contribution is 5.80. The summed E-state index contributed by atoms with van der Waals surface area (Å²) < 4.78 is 0. The average molecular weight is 280 g/mol. The quantitative estimate of drug-likeness (QED) is 0.822. The summed E-state index contributed by atoms with van der Waals surface area (Å²) in [5.41, 5.74) is 6.30. The number of primary amides is 1. The molecule has 1 atom stereocenters. The first-order valence-electron chi connectivity index (χ1n) is 6.78. The van der Waals surface area contributed by atoms with Crippen LogP contribution in [0.3, 0.4) is 0 Å². The van der Waals surface area contributed by atoms with Gasteiger partial charge < -0.3 is 5.73 Å². The van der Waals surface area contributed by atoms with Crippen LogP contribution >= 0.6 is 0 Å². The third-order valence-corrected chi connectivity index (χ3v) is 2.77. The lowest BCUT2D eigenvalue weighted by Crippen LogP contribution is -2.37. The Kier molecular flexibility index (Phi) is 9.11. The smallest absolute Gasteiger partial charge is 0.234 e. The molecular weight excluding hydrogens is 256 g/mol. The maximum Gasteiger partial charge on any atom is 0.234 e. The summed E-state index contributed by atoms with van der Waals surface area (Å²) in [7, 11) is 1.93. The molecule has 0 aliphatic carbocycles. The molecule has 0 aromatic carbocycles. The van der Waals surface area contributed by atoms with Gasteiger partial charge in [-0.1, -0.05) is 13.8 Å². The van der Waals surface area contributed by atoms with Crippen molar-refractivity contribution < 1.29 is 9.59 Å². The lowest BCUT2D eigenvalue weighted by Gasteiger charge is -2.14. The van der Waals surface area contributed by atoms with E-state index in [4.69, 9.17) is 5.73 Å². The molecule has 1 aliphatic heterocycles. The van der Waals surface area contributed by atoms with E-state index in [-0.39, 0.29) is 11.9 Å². The number of hydrogen-bond acceptors (Lipinski definition) is 5. The molecule has 0 spiro atoms. The molecule has 2 N–H and O–H groups in total. The number of nitrogens with zero attached hydrogens (tertiary/aromatic N) is 3. The zero-order chi connectivity index (χ0) is 15.5. The molecule has 0 bridgehead atoms. The van der Waals surface area contributed by atoms with Crippen LogP contribution in [0.25, 0.3) is 0 Å². The van der Waals surface area contributed by atoms with E-state index in [9.17, 15) is 9.59 Å². The largest absolute Gasteiger partial charge is 0.368 e. The number of aldehydes is 1. The Balaban J connectivity index is 0.000000321. The number of aryl methyl sites for hydroxylation is 1. The van der Waals surface area contributed by atoms with Gasteiger partial charge in [0.2, 0.25) is 5.91 Å². The number of nitrogens with two attached hydrogens (primary N) is 1. The Morgan fingerprint density at radius 2 is 2.05 bits per heavy atom. The lowest BCUT2D eigenvalue weighted by molar-refractivity contribution is -0.121. The van der Waals surface area contributed by atoms with Gasteiger partial charge in [0.25, 0.3) is 0 Å². The minimum Gasteiger partial charge on any atom is -0.368 e. The van der Waals surface area contributed by atoms with Crippen molar-refractivity contribution in [3.05, 3.63) is 23.8 Å². The minimum absolute atomic E-state index is 0.00463. The highest BCUT2D eigenvalue weighted by atomic mass is 16.1. The van der Waals surface area contributed by atoms with E-state index in [2.05, 4.69) is 9.97 Å².